The molecule has 102 valence electrons. The summed E-state index contributed by atoms with van der Waals surface area (Å²) in [5, 5.41) is 3.94. The van der Waals surface area contributed by atoms with Crippen LogP contribution in [0.5, 0.6) is 0 Å². The van der Waals surface area contributed by atoms with Gasteiger partial charge in [0.25, 0.3) is 0 Å². The van der Waals surface area contributed by atoms with Gasteiger partial charge in [0.15, 0.2) is 0 Å². The van der Waals surface area contributed by atoms with Crippen molar-refractivity contribution in [2.45, 2.75) is 56.4 Å². The molecule has 2 aliphatic rings. The molecule has 3 rings (SSSR count). The van der Waals surface area contributed by atoms with Crippen molar-refractivity contribution >= 4 is 17.5 Å². The van der Waals surface area contributed by atoms with Gasteiger partial charge in [-0.1, -0.05) is 43.0 Å². The third-order valence-electron chi connectivity index (χ3n) is 4.45. The summed E-state index contributed by atoms with van der Waals surface area (Å²) in [7, 11) is 0. The lowest BCUT2D eigenvalue weighted by atomic mass is 9.68. The average Bonchev–Trinajstić information content (AvgIpc) is 3.24. The standard InChI is InChI=1S/C16H20ClNO/c17-13-6-4-12(5-7-13)16(10-2-1-3-11-16)15(19)18-14-8-9-14/h4-7,14H,1-3,8-11H2,(H,18,19). The Labute approximate surface area is 119 Å². The van der Waals surface area contributed by atoms with Crippen molar-refractivity contribution in [1.82, 2.24) is 5.32 Å². The van der Waals surface area contributed by atoms with Crippen molar-refractivity contribution in [2.75, 3.05) is 0 Å². The van der Waals surface area contributed by atoms with Crippen LogP contribution in [0.25, 0.3) is 0 Å². The number of carbonyl (C=O) groups is 1. The lowest BCUT2D eigenvalue weighted by Crippen LogP contribution is -2.46. The van der Waals surface area contributed by atoms with E-state index in [1.807, 2.05) is 24.3 Å². The molecule has 1 aromatic carbocycles. The fourth-order valence-electron chi connectivity index (χ4n) is 3.12. The zero-order chi connectivity index (χ0) is 13.3. The molecule has 0 heterocycles. The van der Waals surface area contributed by atoms with Crippen molar-refractivity contribution in [3.8, 4) is 0 Å². The molecular formula is C16H20ClNO. The molecule has 0 unspecified atom stereocenters. The largest absolute Gasteiger partial charge is 0.353 e. The summed E-state index contributed by atoms with van der Waals surface area (Å²) in [4.78, 5) is 12.7. The molecule has 2 aliphatic carbocycles. The minimum atomic E-state index is -0.314. The number of rotatable bonds is 3. The second-order valence-electron chi connectivity index (χ2n) is 5.90. The van der Waals surface area contributed by atoms with Gasteiger partial charge in [-0.2, -0.15) is 0 Å². The van der Waals surface area contributed by atoms with E-state index >= 15 is 0 Å². The van der Waals surface area contributed by atoms with Crippen LogP contribution in [-0.4, -0.2) is 11.9 Å². The maximum atomic E-state index is 12.7. The molecular weight excluding hydrogens is 258 g/mol. The molecule has 0 spiro atoms. The molecule has 0 saturated heterocycles. The number of hydrogen-bond acceptors (Lipinski definition) is 1. The van der Waals surface area contributed by atoms with Crippen LogP contribution in [0.3, 0.4) is 0 Å². The molecule has 3 heteroatoms. The maximum absolute atomic E-state index is 12.7. The van der Waals surface area contributed by atoms with Gasteiger partial charge in [-0.25, -0.2) is 0 Å². The minimum absolute atomic E-state index is 0.233. The van der Waals surface area contributed by atoms with E-state index in [-0.39, 0.29) is 11.3 Å². The van der Waals surface area contributed by atoms with Crippen LogP contribution < -0.4 is 5.32 Å². The van der Waals surface area contributed by atoms with Crippen molar-refractivity contribution in [2.24, 2.45) is 0 Å². The van der Waals surface area contributed by atoms with Crippen LogP contribution in [0, 0.1) is 0 Å². The van der Waals surface area contributed by atoms with E-state index in [9.17, 15) is 4.79 Å². The molecule has 2 saturated carbocycles. The third kappa shape index (κ3) is 2.64. The first-order valence-electron chi connectivity index (χ1n) is 7.28. The predicted molar refractivity (Wildman–Crippen MR) is 77.4 cm³/mol. The van der Waals surface area contributed by atoms with Crippen molar-refractivity contribution in [3.63, 3.8) is 0 Å². The summed E-state index contributed by atoms with van der Waals surface area (Å²) in [6, 6.07) is 8.29. The molecule has 0 radical (unpaired) electrons. The number of amides is 1. The average molecular weight is 278 g/mol. The Bertz CT molecular complexity index is 458. The monoisotopic (exact) mass is 277 g/mol. The van der Waals surface area contributed by atoms with Gasteiger partial charge in [-0.3, -0.25) is 4.79 Å². The van der Waals surface area contributed by atoms with Gasteiger partial charge in [0.2, 0.25) is 5.91 Å². The zero-order valence-electron chi connectivity index (χ0n) is 11.1. The summed E-state index contributed by atoms with van der Waals surface area (Å²) >= 11 is 5.97. The fourth-order valence-corrected chi connectivity index (χ4v) is 3.25. The Morgan fingerprint density at radius 3 is 2.32 bits per heavy atom. The Balaban J connectivity index is 1.90. The van der Waals surface area contributed by atoms with E-state index < -0.39 is 0 Å². The highest BCUT2D eigenvalue weighted by molar-refractivity contribution is 6.30. The lowest BCUT2D eigenvalue weighted by Gasteiger charge is -2.36. The number of benzene rings is 1. The second-order valence-corrected chi connectivity index (χ2v) is 6.33. The normalized spacial score (nSPS) is 21.9. The minimum Gasteiger partial charge on any atom is -0.353 e. The molecule has 19 heavy (non-hydrogen) atoms. The van der Waals surface area contributed by atoms with E-state index in [0.717, 1.165) is 49.1 Å². The van der Waals surface area contributed by atoms with Gasteiger partial charge in [0.1, 0.15) is 0 Å². The Hall–Kier alpha value is -1.02. The molecule has 0 atom stereocenters. The van der Waals surface area contributed by atoms with Crippen LogP contribution in [0.4, 0.5) is 0 Å². The summed E-state index contributed by atoms with van der Waals surface area (Å²) in [5.74, 6) is 0.233. The quantitative estimate of drug-likeness (QED) is 0.894. The van der Waals surface area contributed by atoms with E-state index in [0.29, 0.717) is 6.04 Å². The lowest BCUT2D eigenvalue weighted by molar-refractivity contribution is -0.128. The number of hydrogen-bond donors (Lipinski definition) is 1. The second kappa shape index (κ2) is 5.16. The Kier molecular flexibility index (Phi) is 3.53. The first kappa shape index (κ1) is 13.0. The van der Waals surface area contributed by atoms with Gasteiger partial charge in [0, 0.05) is 11.1 Å². The molecule has 1 aromatic rings. The van der Waals surface area contributed by atoms with Gasteiger partial charge < -0.3 is 5.32 Å². The van der Waals surface area contributed by atoms with Gasteiger partial charge in [0.05, 0.1) is 5.41 Å². The SMILES string of the molecule is O=C(NC1CC1)C1(c2ccc(Cl)cc2)CCCCC1. The number of carbonyl (C=O) groups excluding carboxylic acids is 1. The molecule has 1 amide bonds. The first-order valence-corrected chi connectivity index (χ1v) is 7.65. The molecule has 0 aliphatic heterocycles. The van der Waals surface area contributed by atoms with Crippen molar-refractivity contribution < 1.29 is 4.79 Å². The predicted octanol–water partition coefficient (Wildman–Crippen LogP) is 3.82. The van der Waals surface area contributed by atoms with Crippen LogP contribution >= 0.6 is 11.6 Å². The summed E-state index contributed by atoms with van der Waals surface area (Å²) in [5.41, 5.74) is 0.820. The molecule has 2 nitrogen and oxygen atoms in total. The smallest absolute Gasteiger partial charge is 0.230 e. The topological polar surface area (TPSA) is 29.1 Å². The summed E-state index contributed by atoms with van der Waals surface area (Å²) in [6.07, 6.45) is 7.73. The summed E-state index contributed by atoms with van der Waals surface area (Å²) < 4.78 is 0. The zero-order valence-corrected chi connectivity index (χ0v) is 11.9. The Morgan fingerprint density at radius 2 is 1.74 bits per heavy atom. The van der Waals surface area contributed by atoms with Gasteiger partial charge >= 0.3 is 0 Å². The maximum Gasteiger partial charge on any atom is 0.230 e. The van der Waals surface area contributed by atoms with Crippen LogP contribution in [0.15, 0.2) is 24.3 Å². The highest BCUT2D eigenvalue weighted by Crippen LogP contribution is 2.40. The van der Waals surface area contributed by atoms with Crippen molar-refractivity contribution in [1.29, 1.82) is 0 Å². The van der Waals surface area contributed by atoms with E-state index in [1.165, 1.54) is 6.42 Å². The summed E-state index contributed by atoms with van der Waals surface area (Å²) in [6.45, 7) is 0. The highest BCUT2D eigenvalue weighted by Gasteiger charge is 2.42. The van der Waals surface area contributed by atoms with Crippen LogP contribution in [-0.2, 0) is 10.2 Å². The number of nitrogens with one attached hydrogen (secondary N) is 1. The molecule has 2 fully saturated rings. The van der Waals surface area contributed by atoms with Gasteiger partial charge in [-0.05, 0) is 43.4 Å². The molecule has 1 N–H and O–H groups in total. The Morgan fingerprint density at radius 1 is 1.11 bits per heavy atom. The van der Waals surface area contributed by atoms with Crippen molar-refractivity contribution in [3.05, 3.63) is 34.9 Å². The third-order valence-corrected chi connectivity index (χ3v) is 4.70. The van der Waals surface area contributed by atoms with E-state index in [2.05, 4.69) is 5.32 Å². The number of halogens is 1. The van der Waals surface area contributed by atoms with Gasteiger partial charge in [-0.15, -0.1) is 0 Å². The fraction of sp³-hybridized carbons (Fsp3) is 0.562. The first-order chi connectivity index (χ1) is 9.21. The highest BCUT2D eigenvalue weighted by atomic mass is 35.5. The van der Waals surface area contributed by atoms with Crippen LogP contribution in [0.2, 0.25) is 5.02 Å². The molecule has 0 bridgehead atoms. The van der Waals surface area contributed by atoms with E-state index in [4.69, 9.17) is 11.6 Å². The van der Waals surface area contributed by atoms with Crippen LogP contribution in [0.1, 0.15) is 50.5 Å². The molecule has 0 aromatic heterocycles. The van der Waals surface area contributed by atoms with E-state index in [1.54, 1.807) is 0 Å².